The first-order valence-corrected chi connectivity index (χ1v) is 27.1. The molecule has 0 fully saturated rings. The molecular weight excluding hydrogens is 807 g/mol. The molecule has 2 aromatic carbocycles. The van der Waals surface area contributed by atoms with E-state index in [0.717, 1.165) is 88.4 Å². The van der Waals surface area contributed by atoms with Crippen LogP contribution in [0.4, 0.5) is 0 Å². The van der Waals surface area contributed by atoms with Crippen molar-refractivity contribution in [3.05, 3.63) is 100 Å². The summed E-state index contributed by atoms with van der Waals surface area (Å²) in [5, 5.41) is 0. The molecule has 1 aliphatic rings. The van der Waals surface area contributed by atoms with Crippen LogP contribution in [0.2, 0.25) is 0 Å². The van der Waals surface area contributed by atoms with Crippen LogP contribution in [0.5, 0.6) is 0 Å². The smallest absolute Gasteiger partial charge is 0.493 e. The molecule has 2 aromatic rings. The van der Waals surface area contributed by atoms with Gasteiger partial charge in [0.1, 0.15) is 0 Å². The number of hydrogen-bond acceptors (Lipinski definition) is 0. The van der Waals surface area contributed by atoms with Gasteiger partial charge in [0, 0.05) is 22.3 Å². The summed E-state index contributed by atoms with van der Waals surface area (Å²) in [6, 6.07) is 14.7. The van der Waals surface area contributed by atoms with E-state index in [2.05, 4.69) is 106 Å². The molecule has 0 saturated carbocycles. The maximum Gasteiger partial charge on any atom is 2.00 e. The van der Waals surface area contributed by atoms with Gasteiger partial charge in [-0.15, -0.1) is 0 Å². The summed E-state index contributed by atoms with van der Waals surface area (Å²) in [7, 11) is 0. The van der Waals surface area contributed by atoms with Crippen LogP contribution in [0.1, 0.15) is 281 Å². The molecule has 0 N–H and O–H groups in total. The van der Waals surface area contributed by atoms with Gasteiger partial charge in [-0.3, -0.25) is 0 Å². The molecule has 3 rings (SSSR count). The molecule has 63 heavy (non-hydrogen) atoms. The zero-order valence-electron chi connectivity index (χ0n) is 43.1. The summed E-state index contributed by atoms with van der Waals surface area (Å²) in [5.74, 6) is 0. The minimum absolute atomic E-state index is 0. The largest absolute Gasteiger partial charge is 2.00 e. The van der Waals surface area contributed by atoms with Gasteiger partial charge in [-0.25, -0.2) is 4.70 Å². The van der Waals surface area contributed by atoms with Crippen molar-refractivity contribution < 1.29 is 21.2 Å². The Balaban J connectivity index is 0.00000259. The number of rotatable bonds is 34. The summed E-state index contributed by atoms with van der Waals surface area (Å²) >= 11 is 0. The Labute approximate surface area is 404 Å². The van der Waals surface area contributed by atoms with Crippen molar-refractivity contribution in [1.29, 1.82) is 0 Å². The average molecular weight is 910 g/mol. The fourth-order valence-electron chi connectivity index (χ4n) is 8.70. The molecule has 0 radical (unpaired) electrons. The van der Waals surface area contributed by atoms with E-state index in [-0.39, 0.29) is 16.5 Å². The van der Waals surface area contributed by atoms with Gasteiger partial charge in [0.2, 0.25) is 11.4 Å². The van der Waals surface area contributed by atoms with E-state index in [1.54, 1.807) is 4.70 Å². The Bertz CT molecular complexity index is 1400. The van der Waals surface area contributed by atoms with Gasteiger partial charge in [0.15, 0.2) is 0 Å². The normalized spacial score (nSPS) is 12.3. The molecule has 0 bridgehead atoms. The molecule has 0 unspecified atom stereocenters. The van der Waals surface area contributed by atoms with E-state index < -0.39 is 0 Å². The van der Waals surface area contributed by atoms with Crippen LogP contribution in [0, 0.1) is 13.8 Å². The van der Waals surface area contributed by atoms with Gasteiger partial charge in [0.05, 0.1) is 0 Å². The van der Waals surface area contributed by atoms with Crippen LogP contribution in [-0.2, 0) is 42.2 Å². The standard InChI is InChI=1S/C48H76N2.2C6H13.Ni/c1-7-13-19-21-23-25-29-41-34-42(30-26-24-22-20-14-8-2)38-44(37-41)48-46(32-18-12-6)45(31-17-11-5)47(50(48)49)43-35-39(27-15-9-3)33-40(36-43)28-16-10-4;2*1-3-5-6-4-2;/h33-38H,7-32H2,1-6H3;2*1,3-6H2,2H3;/q;2*-1;+2. The molecule has 3 heteroatoms. The minimum Gasteiger partial charge on any atom is -0.493 e. The van der Waals surface area contributed by atoms with E-state index in [4.69, 9.17) is 0 Å². The SMILES string of the molecule is CCCCCCCCc1cc(CCCCCCCC)cc(C2=C(CCCC)C(CCCC)=C(c3cc(CCCC)cc(CCCC)c3)[N+]2=[N-])c1.[CH2-]CCCCC.[CH2-]CCCCC.[Ni+2]. The van der Waals surface area contributed by atoms with Crippen molar-refractivity contribution in [2.75, 3.05) is 0 Å². The second-order valence-electron chi connectivity index (χ2n) is 18.6. The monoisotopic (exact) mass is 909 g/mol. The van der Waals surface area contributed by atoms with E-state index in [1.807, 2.05) is 0 Å². The Morgan fingerprint density at radius 1 is 0.333 bits per heavy atom. The topological polar surface area (TPSA) is 25.3 Å². The van der Waals surface area contributed by atoms with E-state index in [0.29, 0.717) is 0 Å². The molecule has 362 valence electrons. The van der Waals surface area contributed by atoms with Crippen LogP contribution in [-0.4, -0.2) is 4.70 Å². The molecule has 0 saturated heterocycles. The molecule has 0 amide bonds. The van der Waals surface area contributed by atoms with E-state index >= 15 is 0 Å². The fourth-order valence-corrected chi connectivity index (χ4v) is 8.70. The first kappa shape index (κ1) is 61.0. The molecule has 1 aliphatic heterocycles. The third-order valence-corrected chi connectivity index (χ3v) is 12.6. The molecule has 2 nitrogen and oxygen atoms in total. The Kier molecular flexibility index (Phi) is 40.1. The summed E-state index contributed by atoms with van der Waals surface area (Å²) in [5.41, 5.74) is 25.7. The van der Waals surface area contributed by atoms with Gasteiger partial charge in [0.25, 0.3) is 0 Å². The van der Waals surface area contributed by atoms with E-state index in [1.165, 1.54) is 186 Å². The quantitative estimate of drug-likeness (QED) is 0.0289. The number of aryl methyl sites for hydroxylation is 4. The Hall–Kier alpha value is -1.99. The Morgan fingerprint density at radius 3 is 0.873 bits per heavy atom. The molecule has 0 aromatic heterocycles. The molecule has 0 aliphatic carbocycles. The third-order valence-electron chi connectivity index (χ3n) is 12.6. The number of hydrogen-bond donors (Lipinski definition) is 0. The number of nitrogens with zero attached hydrogens (tertiary/aromatic N) is 2. The minimum atomic E-state index is 0. The van der Waals surface area contributed by atoms with Crippen LogP contribution < -0.4 is 0 Å². The first-order valence-electron chi connectivity index (χ1n) is 27.1. The molecule has 0 atom stereocenters. The second kappa shape index (κ2) is 41.4. The summed E-state index contributed by atoms with van der Waals surface area (Å²) in [4.78, 5) is 0. The van der Waals surface area contributed by atoms with Crippen molar-refractivity contribution in [3.8, 4) is 0 Å². The van der Waals surface area contributed by atoms with Gasteiger partial charge in [-0.2, -0.15) is 12.8 Å². The molecule has 0 spiro atoms. The number of unbranched alkanes of at least 4 members (excludes halogenated alkanes) is 20. The zero-order chi connectivity index (χ0) is 45.6. The van der Waals surface area contributed by atoms with Crippen molar-refractivity contribution in [2.45, 2.75) is 274 Å². The van der Waals surface area contributed by atoms with Crippen LogP contribution in [0.15, 0.2) is 47.5 Å². The fraction of sp³-hybridized carbons (Fsp3) is 0.700. The van der Waals surface area contributed by atoms with Gasteiger partial charge in [-0.1, -0.05) is 196 Å². The third kappa shape index (κ3) is 26.1. The maximum absolute atomic E-state index is 12.5. The van der Waals surface area contributed by atoms with Gasteiger partial charge >= 0.3 is 16.5 Å². The van der Waals surface area contributed by atoms with Crippen molar-refractivity contribution in [3.63, 3.8) is 0 Å². The van der Waals surface area contributed by atoms with Crippen molar-refractivity contribution in [1.82, 2.24) is 0 Å². The number of benzene rings is 2. The van der Waals surface area contributed by atoms with Crippen molar-refractivity contribution >= 4 is 11.4 Å². The van der Waals surface area contributed by atoms with Crippen LogP contribution in [0.25, 0.3) is 16.9 Å². The van der Waals surface area contributed by atoms with Gasteiger partial charge in [-0.05, 0) is 124 Å². The predicted octanol–water partition coefficient (Wildman–Crippen LogP) is 20.5. The predicted molar refractivity (Wildman–Crippen MR) is 280 cm³/mol. The average Bonchev–Trinajstić information content (AvgIpc) is 3.57. The Morgan fingerprint density at radius 2 is 0.587 bits per heavy atom. The zero-order valence-corrected chi connectivity index (χ0v) is 44.1. The van der Waals surface area contributed by atoms with Gasteiger partial charge < -0.3 is 19.4 Å². The van der Waals surface area contributed by atoms with Crippen LogP contribution in [0.3, 0.4) is 0 Å². The number of allylic oxidation sites excluding steroid dienone is 2. The van der Waals surface area contributed by atoms with E-state index in [9.17, 15) is 5.53 Å². The van der Waals surface area contributed by atoms with Crippen LogP contribution >= 0.6 is 0 Å². The van der Waals surface area contributed by atoms with Crippen molar-refractivity contribution in [2.24, 2.45) is 0 Å². The maximum atomic E-state index is 12.5. The molecule has 1 heterocycles. The summed E-state index contributed by atoms with van der Waals surface area (Å²) in [6.45, 7) is 25.6. The first-order chi connectivity index (χ1) is 30.3. The summed E-state index contributed by atoms with van der Waals surface area (Å²) in [6.07, 6.45) is 42.0. The summed E-state index contributed by atoms with van der Waals surface area (Å²) < 4.78 is 1.66. The molecular formula is C60H102N2Ni. The second-order valence-corrected chi connectivity index (χ2v) is 18.6.